The third-order valence-corrected chi connectivity index (χ3v) is 6.39. The van der Waals surface area contributed by atoms with Gasteiger partial charge in [0.05, 0.1) is 40.8 Å². The van der Waals surface area contributed by atoms with Crippen molar-refractivity contribution in [3.8, 4) is 11.4 Å². The second-order valence-electron chi connectivity index (χ2n) is 7.29. The number of ether oxygens (including phenoxy) is 1. The number of carbonyl (C=O) groups is 1. The Morgan fingerprint density at radius 3 is 2.47 bits per heavy atom. The van der Waals surface area contributed by atoms with Crippen LogP contribution >= 0.6 is 0 Å². The molecule has 1 aliphatic heterocycles. The number of hydrogen-bond donors (Lipinski definition) is 1. The van der Waals surface area contributed by atoms with E-state index in [0.29, 0.717) is 29.3 Å². The molecule has 11 heteroatoms. The first-order valence-electron chi connectivity index (χ1n) is 9.83. The molecule has 3 aromatic rings. The number of fused-ring (bicyclic) bond motifs is 1. The molecular weight excluding hydrogens is 436 g/mol. The third-order valence-electron chi connectivity index (χ3n) is 4.95. The van der Waals surface area contributed by atoms with E-state index in [2.05, 4.69) is 10.4 Å². The van der Waals surface area contributed by atoms with E-state index < -0.39 is 14.8 Å². The minimum absolute atomic E-state index is 0.0688. The highest BCUT2D eigenvalue weighted by molar-refractivity contribution is 7.90. The second kappa shape index (κ2) is 8.42. The van der Waals surface area contributed by atoms with E-state index in [-0.39, 0.29) is 35.3 Å². The molecular formula is C21H20N4O6S. The van der Waals surface area contributed by atoms with Crippen LogP contribution in [0.15, 0.2) is 48.5 Å². The Hall–Kier alpha value is -3.73. The van der Waals surface area contributed by atoms with Gasteiger partial charge in [-0.15, -0.1) is 0 Å². The van der Waals surface area contributed by atoms with Crippen molar-refractivity contribution in [3.05, 3.63) is 75.5 Å². The summed E-state index contributed by atoms with van der Waals surface area (Å²) in [4.78, 5) is 23.2. The van der Waals surface area contributed by atoms with E-state index in [1.165, 1.54) is 28.9 Å². The highest BCUT2D eigenvalue weighted by Crippen LogP contribution is 2.33. The average Bonchev–Trinajstić information content (AvgIpc) is 3.22. The zero-order valence-corrected chi connectivity index (χ0v) is 18.0. The Kier molecular flexibility index (Phi) is 5.66. The van der Waals surface area contributed by atoms with Gasteiger partial charge >= 0.3 is 0 Å². The van der Waals surface area contributed by atoms with Crippen molar-refractivity contribution in [1.29, 1.82) is 0 Å². The number of amides is 1. The van der Waals surface area contributed by atoms with Gasteiger partial charge in [0.1, 0.15) is 11.6 Å². The van der Waals surface area contributed by atoms with Crippen molar-refractivity contribution in [2.24, 2.45) is 0 Å². The molecule has 0 atom stereocenters. The van der Waals surface area contributed by atoms with Gasteiger partial charge in [0.25, 0.3) is 5.69 Å². The number of nitro groups is 1. The maximum atomic E-state index is 12.8. The summed E-state index contributed by atoms with van der Waals surface area (Å²) in [5.74, 6) is 0.170. The number of aromatic nitrogens is 2. The Bertz CT molecular complexity index is 1280. The topological polar surface area (TPSA) is 133 Å². The largest absolute Gasteiger partial charge is 0.494 e. The molecule has 0 aliphatic carbocycles. The first kappa shape index (κ1) is 21.5. The molecule has 1 aliphatic rings. The highest BCUT2D eigenvalue weighted by Gasteiger charge is 2.33. The van der Waals surface area contributed by atoms with Gasteiger partial charge in [0.2, 0.25) is 5.91 Å². The number of anilines is 1. The minimum atomic E-state index is -3.34. The number of hydrogen-bond acceptors (Lipinski definition) is 7. The Balaban J connectivity index is 1.61. The summed E-state index contributed by atoms with van der Waals surface area (Å²) in [6.45, 7) is 2.43. The van der Waals surface area contributed by atoms with E-state index >= 15 is 0 Å². The smallest absolute Gasteiger partial charge is 0.269 e. The lowest BCUT2D eigenvalue weighted by Gasteiger charge is -2.11. The summed E-state index contributed by atoms with van der Waals surface area (Å²) in [7, 11) is -3.34. The molecule has 2 heterocycles. The zero-order valence-electron chi connectivity index (χ0n) is 17.1. The van der Waals surface area contributed by atoms with Gasteiger partial charge in [0.15, 0.2) is 9.84 Å². The molecule has 0 bridgehead atoms. The standard InChI is InChI=1S/C21H20N4O6S/c1-2-31-17-9-3-14(4-10-17)11-20(26)22-21-18-12-32(29,30)13-19(18)23-24(21)15-5-7-16(8-6-15)25(27)28/h3-10H,2,11-13H2,1H3,(H,22,26). The molecule has 166 valence electrons. The van der Waals surface area contributed by atoms with E-state index in [9.17, 15) is 23.3 Å². The maximum Gasteiger partial charge on any atom is 0.269 e. The van der Waals surface area contributed by atoms with Crippen LogP contribution in [0.5, 0.6) is 5.75 Å². The molecule has 2 aromatic carbocycles. The van der Waals surface area contributed by atoms with Gasteiger partial charge in [-0.3, -0.25) is 14.9 Å². The van der Waals surface area contributed by atoms with Crippen LogP contribution in [0.3, 0.4) is 0 Å². The van der Waals surface area contributed by atoms with Gasteiger partial charge in [-0.05, 0) is 36.8 Å². The van der Waals surface area contributed by atoms with Gasteiger partial charge < -0.3 is 10.1 Å². The monoisotopic (exact) mass is 456 g/mol. The second-order valence-corrected chi connectivity index (χ2v) is 9.36. The number of nitrogens with one attached hydrogen (secondary N) is 1. The van der Waals surface area contributed by atoms with Crippen LogP contribution in [0.1, 0.15) is 23.7 Å². The zero-order chi connectivity index (χ0) is 22.9. The minimum Gasteiger partial charge on any atom is -0.494 e. The van der Waals surface area contributed by atoms with Crippen LogP contribution in [0, 0.1) is 10.1 Å². The molecule has 32 heavy (non-hydrogen) atoms. The van der Waals surface area contributed by atoms with Crippen LogP contribution in [0.25, 0.3) is 5.69 Å². The van der Waals surface area contributed by atoms with E-state index in [1.807, 2.05) is 6.92 Å². The predicted octanol–water partition coefficient (Wildman–Crippen LogP) is 2.79. The Morgan fingerprint density at radius 1 is 1.16 bits per heavy atom. The number of non-ortho nitro benzene ring substituents is 1. The molecule has 4 rings (SSSR count). The number of carbonyl (C=O) groups excluding carboxylic acids is 1. The highest BCUT2D eigenvalue weighted by atomic mass is 32.2. The van der Waals surface area contributed by atoms with E-state index in [0.717, 1.165) is 5.56 Å². The number of benzene rings is 2. The van der Waals surface area contributed by atoms with Crippen molar-refractivity contribution in [2.75, 3.05) is 11.9 Å². The van der Waals surface area contributed by atoms with Gasteiger partial charge in [0, 0.05) is 17.7 Å². The molecule has 0 saturated carbocycles. The number of nitrogens with zero attached hydrogens (tertiary/aromatic N) is 3. The van der Waals surface area contributed by atoms with E-state index in [4.69, 9.17) is 4.74 Å². The SMILES string of the molecule is CCOc1ccc(CC(=O)Nc2c3c(nn2-c2ccc([N+](=O)[O-])cc2)CS(=O)(=O)C3)cc1. The summed E-state index contributed by atoms with van der Waals surface area (Å²) < 4.78 is 31.0. The lowest BCUT2D eigenvalue weighted by molar-refractivity contribution is -0.384. The van der Waals surface area contributed by atoms with Gasteiger partial charge in [-0.2, -0.15) is 5.10 Å². The summed E-state index contributed by atoms with van der Waals surface area (Å²) >= 11 is 0. The molecule has 1 aromatic heterocycles. The normalized spacial score (nSPS) is 14.0. The number of rotatable bonds is 7. The summed E-state index contributed by atoms with van der Waals surface area (Å²) in [6, 6.07) is 12.8. The van der Waals surface area contributed by atoms with Crippen LogP contribution in [-0.2, 0) is 32.6 Å². The summed E-state index contributed by atoms with van der Waals surface area (Å²) in [6.07, 6.45) is 0.0688. The predicted molar refractivity (Wildman–Crippen MR) is 116 cm³/mol. The van der Waals surface area contributed by atoms with Gasteiger partial charge in [-0.1, -0.05) is 12.1 Å². The number of nitro benzene ring substituents is 1. The molecule has 10 nitrogen and oxygen atoms in total. The lowest BCUT2D eigenvalue weighted by atomic mass is 10.1. The first-order chi connectivity index (χ1) is 15.3. The fourth-order valence-corrected chi connectivity index (χ4v) is 5.00. The molecule has 0 saturated heterocycles. The Morgan fingerprint density at radius 2 is 1.84 bits per heavy atom. The fourth-order valence-electron chi connectivity index (χ4n) is 3.51. The molecule has 0 radical (unpaired) electrons. The molecule has 1 amide bonds. The Labute approximate surface area is 183 Å². The summed E-state index contributed by atoms with van der Waals surface area (Å²) in [5.41, 5.74) is 1.94. The van der Waals surface area contributed by atoms with E-state index in [1.54, 1.807) is 24.3 Å². The van der Waals surface area contributed by atoms with Crippen LogP contribution in [-0.4, -0.2) is 35.6 Å². The maximum absolute atomic E-state index is 12.8. The van der Waals surface area contributed by atoms with Crippen molar-refractivity contribution in [1.82, 2.24) is 9.78 Å². The van der Waals surface area contributed by atoms with Gasteiger partial charge in [-0.25, -0.2) is 13.1 Å². The quantitative estimate of drug-likeness (QED) is 0.427. The first-order valence-corrected chi connectivity index (χ1v) is 11.7. The average molecular weight is 456 g/mol. The van der Waals surface area contributed by atoms with Crippen molar-refractivity contribution in [3.63, 3.8) is 0 Å². The molecule has 0 spiro atoms. The molecule has 0 fully saturated rings. The van der Waals surface area contributed by atoms with Crippen LogP contribution in [0.2, 0.25) is 0 Å². The molecule has 1 N–H and O–H groups in total. The summed E-state index contributed by atoms with van der Waals surface area (Å²) in [5, 5.41) is 18.1. The fraction of sp³-hybridized carbons (Fsp3) is 0.238. The van der Waals surface area contributed by atoms with Crippen molar-refractivity contribution in [2.45, 2.75) is 24.9 Å². The molecule has 0 unspecified atom stereocenters. The van der Waals surface area contributed by atoms with Crippen LogP contribution < -0.4 is 10.1 Å². The third kappa shape index (κ3) is 4.47. The van der Waals surface area contributed by atoms with Crippen molar-refractivity contribution >= 4 is 27.2 Å². The van der Waals surface area contributed by atoms with Crippen molar-refractivity contribution < 1.29 is 22.9 Å². The lowest BCUT2D eigenvalue weighted by Crippen LogP contribution is -2.18. The van der Waals surface area contributed by atoms with Crippen LogP contribution in [0.4, 0.5) is 11.5 Å². The number of sulfone groups is 1.